The van der Waals surface area contributed by atoms with Gasteiger partial charge in [-0.15, -0.1) is 10.2 Å². The molecule has 2 aromatic heterocycles. The second-order valence-corrected chi connectivity index (χ2v) is 8.23. The quantitative estimate of drug-likeness (QED) is 0.446. The summed E-state index contributed by atoms with van der Waals surface area (Å²) in [5.74, 6) is 0.330. The molecule has 168 valence electrons. The van der Waals surface area contributed by atoms with Gasteiger partial charge in [-0.3, -0.25) is 10.1 Å². The summed E-state index contributed by atoms with van der Waals surface area (Å²) in [4.78, 5) is 13.0. The molecule has 1 amide bonds. The van der Waals surface area contributed by atoms with Crippen LogP contribution in [0.15, 0.2) is 42.6 Å². The monoisotopic (exact) mass is 455 g/mol. The van der Waals surface area contributed by atoms with Gasteiger partial charge in [0.15, 0.2) is 6.10 Å². The number of amides is 1. The summed E-state index contributed by atoms with van der Waals surface area (Å²) >= 11 is 1.26. The normalized spacial score (nSPS) is 18.8. The average Bonchev–Trinajstić information content (AvgIpc) is 3.48. The van der Waals surface area contributed by atoms with Crippen molar-refractivity contribution in [2.45, 2.75) is 25.0 Å². The highest BCUT2D eigenvalue weighted by Gasteiger charge is 2.38. The van der Waals surface area contributed by atoms with Crippen LogP contribution in [0.4, 0.5) is 10.3 Å². The first-order chi connectivity index (χ1) is 15.6. The summed E-state index contributed by atoms with van der Waals surface area (Å²) in [6.07, 6.45) is 1.69. The molecule has 3 N–H and O–H groups in total. The third-order valence-electron chi connectivity index (χ3n) is 5.19. The Labute approximate surface area is 189 Å². The lowest BCUT2D eigenvalue weighted by molar-refractivity contribution is -0.127. The molecular formula is C21H25N7O3S. The number of hydrogen-bond donors (Lipinski definition) is 3. The molecule has 1 fully saturated rings. The van der Waals surface area contributed by atoms with Crippen molar-refractivity contribution in [3.8, 4) is 5.75 Å². The van der Waals surface area contributed by atoms with E-state index in [0.29, 0.717) is 34.7 Å². The van der Waals surface area contributed by atoms with Gasteiger partial charge in [-0.05, 0) is 49.7 Å². The van der Waals surface area contributed by atoms with E-state index in [1.165, 1.54) is 11.3 Å². The molecule has 1 saturated heterocycles. The molecule has 1 aromatic carbocycles. The second-order valence-electron chi connectivity index (χ2n) is 7.26. The van der Waals surface area contributed by atoms with Gasteiger partial charge in [0, 0.05) is 19.3 Å². The van der Waals surface area contributed by atoms with Crippen molar-refractivity contribution in [1.29, 1.82) is 0 Å². The summed E-state index contributed by atoms with van der Waals surface area (Å²) in [7, 11) is 1.58. The minimum Gasteiger partial charge on any atom is -0.497 e. The molecule has 1 unspecified atom stereocenters. The molecule has 0 aliphatic carbocycles. The number of anilines is 2. The van der Waals surface area contributed by atoms with Gasteiger partial charge < -0.3 is 20.1 Å². The van der Waals surface area contributed by atoms with Crippen molar-refractivity contribution < 1.29 is 14.3 Å². The van der Waals surface area contributed by atoms with Crippen LogP contribution in [-0.2, 0) is 15.1 Å². The number of hydrogen-bond acceptors (Lipinski definition) is 10. The van der Waals surface area contributed by atoms with Crippen molar-refractivity contribution >= 4 is 27.5 Å². The van der Waals surface area contributed by atoms with Crippen LogP contribution >= 0.6 is 11.3 Å². The fourth-order valence-corrected chi connectivity index (χ4v) is 4.38. The van der Waals surface area contributed by atoms with Gasteiger partial charge in [-0.25, -0.2) is 0 Å². The Morgan fingerprint density at radius 2 is 2.12 bits per heavy atom. The largest absolute Gasteiger partial charge is 0.497 e. The summed E-state index contributed by atoms with van der Waals surface area (Å²) in [5, 5.41) is 27.2. The fraction of sp³-hybridized carbons (Fsp3) is 0.381. The Morgan fingerprint density at radius 3 is 2.84 bits per heavy atom. The van der Waals surface area contributed by atoms with Gasteiger partial charge >= 0.3 is 0 Å². The number of nitrogens with one attached hydrogen (secondary N) is 3. The first kappa shape index (κ1) is 22.1. The number of aromatic nitrogens is 4. The lowest BCUT2D eigenvalue weighted by Gasteiger charge is -2.27. The third-order valence-corrected chi connectivity index (χ3v) is 5.94. The molecule has 3 heterocycles. The highest BCUT2D eigenvalue weighted by molar-refractivity contribution is 7.19. The Bertz CT molecular complexity index is 1040. The van der Waals surface area contributed by atoms with Gasteiger partial charge in [0.05, 0.1) is 18.3 Å². The molecule has 0 radical (unpaired) electrons. The zero-order chi connectivity index (χ0) is 22.4. The zero-order valence-electron chi connectivity index (χ0n) is 17.9. The van der Waals surface area contributed by atoms with Gasteiger partial charge in [-0.2, -0.15) is 10.2 Å². The fourth-order valence-electron chi connectivity index (χ4n) is 3.63. The highest BCUT2D eigenvalue weighted by atomic mass is 32.1. The smallest absolute Gasteiger partial charge is 0.259 e. The highest BCUT2D eigenvalue weighted by Crippen LogP contribution is 2.33. The molecule has 0 bridgehead atoms. The molecule has 0 saturated carbocycles. The lowest BCUT2D eigenvalue weighted by atomic mass is 9.94. The van der Waals surface area contributed by atoms with Crippen molar-refractivity contribution in [2.24, 2.45) is 0 Å². The number of benzene rings is 1. The van der Waals surface area contributed by atoms with Crippen LogP contribution in [0.5, 0.6) is 5.75 Å². The van der Waals surface area contributed by atoms with Crippen molar-refractivity contribution in [2.75, 3.05) is 37.4 Å². The molecule has 1 aliphatic rings. The molecule has 10 nitrogen and oxygen atoms in total. The molecule has 0 spiro atoms. The van der Waals surface area contributed by atoms with Gasteiger partial charge in [0.25, 0.3) is 5.91 Å². The summed E-state index contributed by atoms with van der Waals surface area (Å²) < 4.78 is 11.0. The summed E-state index contributed by atoms with van der Waals surface area (Å²) in [6, 6.07) is 11.1. The maximum Gasteiger partial charge on any atom is 0.259 e. The van der Waals surface area contributed by atoms with E-state index in [-0.39, 0.29) is 5.91 Å². The van der Waals surface area contributed by atoms with E-state index in [2.05, 4.69) is 36.3 Å². The third kappa shape index (κ3) is 4.85. The van der Waals surface area contributed by atoms with E-state index in [1.54, 1.807) is 19.4 Å². The second kappa shape index (κ2) is 9.98. The Kier molecular flexibility index (Phi) is 6.88. The van der Waals surface area contributed by atoms with E-state index >= 15 is 0 Å². The predicted octanol–water partition coefficient (Wildman–Crippen LogP) is 2.35. The molecule has 32 heavy (non-hydrogen) atoms. The Morgan fingerprint density at radius 1 is 1.25 bits per heavy atom. The first-order valence-corrected chi connectivity index (χ1v) is 11.1. The molecule has 2 atom stereocenters. The van der Waals surface area contributed by atoms with Crippen molar-refractivity contribution in [1.82, 2.24) is 25.7 Å². The number of methoxy groups -OCH3 is 1. The van der Waals surface area contributed by atoms with E-state index in [1.807, 2.05) is 37.3 Å². The summed E-state index contributed by atoms with van der Waals surface area (Å²) in [5.41, 5.74) is 1.11. The van der Waals surface area contributed by atoms with Crippen LogP contribution in [0.1, 0.15) is 30.7 Å². The predicted molar refractivity (Wildman–Crippen MR) is 121 cm³/mol. The molecule has 3 aromatic rings. The van der Waals surface area contributed by atoms with Crippen LogP contribution < -0.4 is 20.7 Å². The van der Waals surface area contributed by atoms with E-state index in [4.69, 9.17) is 9.47 Å². The Balaban J connectivity index is 1.48. The first-order valence-electron chi connectivity index (χ1n) is 10.3. The number of ether oxygens (including phenoxy) is 2. The lowest BCUT2D eigenvalue weighted by Crippen LogP contribution is -2.38. The maximum absolute atomic E-state index is 13.0. The number of nitrogens with zero attached hydrogens (tertiary/aromatic N) is 4. The van der Waals surface area contributed by atoms with Crippen LogP contribution in [0.3, 0.4) is 0 Å². The van der Waals surface area contributed by atoms with E-state index < -0.39 is 11.6 Å². The minimum atomic E-state index is -0.791. The van der Waals surface area contributed by atoms with Crippen LogP contribution in [0.25, 0.3) is 0 Å². The van der Waals surface area contributed by atoms with Crippen LogP contribution in [0.2, 0.25) is 0 Å². The molecular weight excluding hydrogens is 430 g/mol. The average molecular weight is 456 g/mol. The molecule has 11 heteroatoms. The minimum absolute atomic E-state index is 0.325. The van der Waals surface area contributed by atoms with Gasteiger partial charge in [0.2, 0.25) is 10.3 Å². The Hall–Kier alpha value is -3.15. The maximum atomic E-state index is 13.0. The van der Waals surface area contributed by atoms with Crippen molar-refractivity contribution in [3.63, 3.8) is 0 Å². The topological polar surface area (TPSA) is 123 Å². The standard InChI is InChI=1S/C21H25N7O3S/c1-3-31-17(14-6-4-7-15(12-14)30-2)18(29)24-19-27-28-20(32-19)25-21(9-11-22-13-21)16-8-5-10-23-26-16/h4-8,10,12,17,22H,3,9,11,13H2,1-2H3,(H,25,28)(H,24,27,29)/t17-,21?/m0/s1. The summed E-state index contributed by atoms with van der Waals surface area (Å²) in [6.45, 7) is 3.76. The number of rotatable bonds is 9. The number of carbonyl (C=O) groups excluding carboxylic acids is 1. The van der Waals surface area contributed by atoms with Gasteiger partial charge in [0.1, 0.15) is 5.75 Å². The van der Waals surface area contributed by atoms with Crippen LogP contribution in [-0.4, -0.2) is 53.1 Å². The van der Waals surface area contributed by atoms with Crippen LogP contribution in [0, 0.1) is 0 Å². The van der Waals surface area contributed by atoms with Crippen molar-refractivity contribution in [3.05, 3.63) is 53.9 Å². The van der Waals surface area contributed by atoms with E-state index in [0.717, 1.165) is 18.7 Å². The van der Waals surface area contributed by atoms with E-state index in [9.17, 15) is 4.79 Å². The zero-order valence-corrected chi connectivity index (χ0v) is 18.7. The van der Waals surface area contributed by atoms with Gasteiger partial charge in [-0.1, -0.05) is 23.5 Å². The number of carbonyl (C=O) groups is 1. The molecule has 1 aliphatic heterocycles. The SMILES string of the molecule is CCO[C@H](C(=O)Nc1nnc(NC2(c3cccnn3)CCNC2)s1)c1cccc(OC)c1. The molecule has 4 rings (SSSR count).